The van der Waals surface area contributed by atoms with E-state index in [9.17, 15) is 14.7 Å². The van der Waals surface area contributed by atoms with Gasteiger partial charge in [0.25, 0.3) is 5.91 Å². The van der Waals surface area contributed by atoms with Gasteiger partial charge in [0, 0.05) is 25.3 Å². The van der Waals surface area contributed by atoms with Crippen molar-refractivity contribution in [2.24, 2.45) is 11.3 Å². The Morgan fingerprint density at radius 3 is 2.73 bits per heavy atom. The third-order valence-electron chi connectivity index (χ3n) is 4.37. The van der Waals surface area contributed by atoms with Crippen LogP contribution in [-0.4, -0.2) is 44.8 Å². The Morgan fingerprint density at radius 1 is 1.45 bits per heavy atom. The number of piperidine rings is 1. The predicted octanol–water partition coefficient (Wildman–Crippen LogP) is 2.17. The van der Waals surface area contributed by atoms with E-state index < -0.39 is 11.4 Å². The van der Waals surface area contributed by atoms with Gasteiger partial charge in [-0.1, -0.05) is 13.8 Å². The number of aliphatic carboxylic acids is 1. The molecule has 1 aliphatic heterocycles. The van der Waals surface area contributed by atoms with Gasteiger partial charge in [0.2, 0.25) is 0 Å². The average molecular weight is 307 g/mol. The van der Waals surface area contributed by atoms with Gasteiger partial charge in [-0.25, -0.2) is 0 Å². The van der Waals surface area contributed by atoms with Crippen LogP contribution in [0.25, 0.3) is 0 Å². The highest BCUT2D eigenvalue weighted by Gasteiger charge is 2.40. The summed E-state index contributed by atoms with van der Waals surface area (Å²) in [5.41, 5.74) is 0.576. The van der Waals surface area contributed by atoms with Crippen LogP contribution >= 0.6 is 0 Å². The number of carbonyl (C=O) groups excluding carboxylic acids is 1. The van der Waals surface area contributed by atoms with Crippen molar-refractivity contribution in [3.05, 3.63) is 17.5 Å². The molecule has 1 aromatic heterocycles. The lowest BCUT2D eigenvalue weighted by Crippen LogP contribution is -2.48. The quantitative estimate of drug-likeness (QED) is 0.925. The third-order valence-corrected chi connectivity index (χ3v) is 4.37. The van der Waals surface area contributed by atoms with Gasteiger partial charge in [0.15, 0.2) is 0 Å². The number of carbonyl (C=O) groups is 2. The van der Waals surface area contributed by atoms with Gasteiger partial charge in [0.1, 0.15) is 0 Å². The highest BCUT2D eigenvalue weighted by Crippen LogP contribution is 2.30. The Bertz CT molecular complexity index is 579. The summed E-state index contributed by atoms with van der Waals surface area (Å²) < 4.78 is 1.85. The number of carboxylic acids is 1. The van der Waals surface area contributed by atoms with Crippen molar-refractivity contribution in [1.29, 1.82) is 0 Å². The van der Waals surface area contributed by atoms with E-state index in [1.807, 2.05) is 11.6 Å². The number of nitrogens with zero attached hydrogens (tertiary/aromatic N) is 3. The van der Waals surface area contributed by atoms with Crippen LogP contribution in [0.4, 0.5) is 0 Å². The zero-order valence-corrected chi connectivity index (χ0v) is 13.8. The molecule has 22 heavy (non-hydrogen) atoms. The first-order chi connectivity index (χ1) is 10.2. The number of hydrogen-bond donors (Lipinski definition) is 1. The van der Waals surface area contributed by atoms with Crippen molar-refractivity contribution in [3.63, 3.8) is 0 Å². The first kappa shape index (κ1) is 16.5. The van der Waals surface area contributed by atoms with E-state index in [4.69, 9.17) is 0 Å². The van der Waals surface area contributed by atoms with Crippen LogP contribution < -0.4 is 0 Å². The molecule has 1 aliphatic rings. The molecule has 1 amide bonds. The molecule has 1 unspecified atom stereocenters. The zero-order chi connectivity index (χ0) is 16.5. The molecule has 1 aromatic rings. The summed E-state index contributed by atoms with van der Waals surface area (Å²) in [6.07, 6.45) is 2.93. The van der Waals surface area contributed by atoms with E-state index in [0.29, 0.717) is 30.9 Å². The summed E-state index contributed by atoms with van der Waals surface area (Å²) in [6, 6.07) is 0. The molecule has 2 rings (SSSR count). The van der Waals surface area contributed by atoms with Crippen molar-refractivity contribution in [2.45, 2.75) is 47.1 Å². The van der Waals surface area contributed by atoms with E-state index in [1.54, 1.807) is 18.0 Å². The minimum atomic E-state index is -0.851. The summed E-state index contributed by atoms with van der Waals surface area (Å²) >= 11 is 0. The monoisotopic (exact) mass is 307 g/mol. The number of rotatable bonds is 4. The second-order valence-electron chi connectivity index (χ2n) is 6.92. The molecule has 0 aromatic carbocycles. The van der Waals surface area contributed by atoms with Gasteiger partial charge in [-0.05, 0) is 32.6 Å². The van der Waals surface area contributed by atoms with Gasteiger partial charge >= 0.3 is 5.97 Å². The molecule has 2 heterocycles. The minimum absolute atomic E-state index is 0.111. The van der Waals surface area contributed by atoms with Crippen LogP contribution in [0.5, 0.6) is 0 Å². The molecule has 0 bridgehead atoms. The fourth-order valence-corrected chi connectivity index (χ4v) is 2.94. The van der Waals surface area contributed by atoms with Crippen LogP contribution in [0.2, 0.25) is 0 Å². The first-order valence-corrected chi connectivity index (χ1v) is 7.79. The molecule has 122 valence electrons. The second kappa shape index (κ2) is 6.10. The van der Waals surface area contributed by atoms with Gasteiger partial charge in [-0.15, -0.1) is 0 Å². The molecule has 1 atom stereocenters. The average Bonchev–Trinajstić information content (AvgIpc) is 2.79. The van der Waals surface area contributed by atoms with Crippen molar-refractivity contribution in [1.82, 2.24) is 14.7 Å². The highest BCUT2D eigenvalue weighted by molar-refractivity contribution is 5.95. The fraction of sp³-hybridized carbons (Fsp3) is 0.688. The summed E-state index contributed by atoms with van der Waals surface area (Å²) in [7, 11) is 0. The second-order valence-corrected chi connectivity index (χ2v) is 6.92. The Balaban J connectivity index is 2.18. The molecule has 0 saturated carbocycles. The predicted molar refractivity (Wildman–Crippen MR) is 82.7 cm³/mol. The minimum Gasteiger partial charge on any atom is -0.481 e. The largest absolute Gasteiger partial charge is 0.481 e. The van der Waals surface area contributed by atoms with E-state index in [2.05, 4.69) is 18.9 Å². The van der Waals surface area contributed by atoms with Crippen LogP contribution in [0.15, 0.2) is 6.20 Å². The molecule has 1 fully saturated rings. The summed E-state index contributed by atoms with van der Waals surface area (Å²) in [5, 5.41) is 13.7. The normalized spacial score (nSPS) is 22.1. The number of hydrogen-bond acceptors (Lipinski definition) is 3. The molecular weight excluding hydrogens is 282 g/mol. The topological polar surface area (TPSA) is 75.4 Å². The molecule has 6 nitrogen and oxygen atoms in total. The fourth-order valence-electron chi connectivity index (χ4n) is 2.94. The number of amides is 1. The summed E-state index contributed by atoms with van der Waals surface area (Å²) in [4.78, 5) is 25.8. The van der Waals surface area contributed by atoms with Gasteiger partial charge in [-0.3, -0.25) is 14.3 Å². The maximum atomic E-state index is 12.7. The van der Waals surface area contributed by atoms with Gasteiger partial charge < -0.3 is 10.0 Å². The smallest absolute Gasteiger partial charge is 0.311 e. The molecule has 1 saturated heterocycles. The molecule has 0 radical (unpaired) electrons. The van der Waals surface area contributed by atoms with Gasteiger partial charge in [0.05, 0.1) is 17.2 Å². The Hall–Kier alpha value is -1.85. The standard InChI is InChI=1S/C16H25N3O3/c1-11(2)9-19-12(3)13(8-17-19)14(20)18-7-5-6-16(4,10-18)15(21)22/h8,11H,5-7,9-10H2,1-4H3,(H,21,22). The lowest BCUT2D eigenvalue weighted by atomic mass is 9.82. The maximum Gasteiger partial charge on any atom is 0.311 e. The van der Waals surface area contributed by atoms with Crippen LogP contribution in [0, 0.1) is 18.3 Å². The number of likely N-dealkylation sites (tertiary alicyclic amines) is 1. The van der Waals surface area contributed by atoms with E-state index >= 15 is 0 Å². The van der Waals surface area contributed by atoms with Gasteiger partial charge in [-0.2, -0.15) is 5.10 Å². The van der Waals surface area contributed by atoms with E-state index in [1.165, 1.54) is 0 Å². The van der Waals surface area contributed by atoms with Crippen LogP contribution in [-0.2, 0) is 11.3 Å². The first-order valence-electron chi connectivity index (χ1n) is 7.79. The lowest BCUT2D eigenvalue weighted by molar-refractivity contribution is -0.150. The summed E-state index contributed by atoms with van der Waals surface area (Å²) in [6.45, 7) is 9.45. The van der Waals surface area contributed by atoms with Crippen LogP contribution in [0.1, 0.15) is 49.7 Å². The molecule has 0 aliphatic carbocycles. The summed E-state index contributed by atoms with van der Waals surface area (Å²) in [5.74, 6) is -0.497. The highest BCUT2D eigenvalue weighted by atomic mass is 16.4. The Labute approximate surface area is 131 Å². The Morgan fingerprint density at radius 2 is 2.14 bits per heavy atom. The van der Waals surface area contributed by atoms with E-state index in [-0.39, 0.29) is 12.5 Å². The number of carboxylic acid groups (broad SMARTS) is 1. The molecule has 6 heteroatoms. The van der Waals surface area contributed by atoms with Crippen LogP contribution in [0.3, 0.4) is 0 Å². The van der Waals surface area contributed by atoms with Crippen molar-refractivity contribution in [3.8, 4) is 0 Å². The number of aromatic nitrogens is 2. The van der Waals surface area contributed by atoms with Crippen molar-refractivity contribution >= 4 is 11.9 Å². The van der Waals surface area contributed by atoms with Crippen molar-refractivity contribution < 1.29 is 14.7 Å². The van der Waals surface area contributed by atoms with Crippen molar-refractivity contribution in [2.75, 3.05) is 13.1 Å². The SMILES string of the molecule is Cc1c(C(=O)N2CCCC(C)(C(=O)O)C2)cnn1CC(C)C. The maximum absolute atomic E-state index is 12.7. The van der Waals surface area contributed by atoms with E-state index in [0.717, 1.165) is 12.2 Å². The zero-order valence-electron chi connectivity index (χ0n) is 13.8. The molecule has 0 spiro atoms. The Kier molecular flexibility index (Phi) is 4.58. The molecular formula is C16H25N3O3. The lowest BCUT2D eigenvalue weighted by Gasteiger charge is -2.37. The molecule has 1 N–H and O–H groups in total. The third kappa shape index (κ3) is 3.15.